The van der Waals surface area contributed by atoms with E-state index in [1.165, 1.54) is 11.2 Å². The van der Waals surface area contributed by atoms with Gasteiger partial charge in [-0.1, -0.05) is 0 Å². The molecule has 1 aliphatic heterocycles. The van der Waals surface area contributed by atoms with E-state index in [4.69, 9.17) is 0 Å². The Balaban J connectivity index is 2.37. The fourth-order valence-electron chi connectivity index (χ4n) is 2.28. The molecule has 0 saturated carbocycles. The van der Waals surface area contributed by atoms with Gasteiger partial charge in [0.25, 0.3) is 0 Å². The Morgan fingerprint density at radius 3 is 2.58 bits per heavy atom. The number of alkyl halides is 3. The molecule has 0 aromatic heterocycles. The standard InChI is InChI=1S/C11H21F3N2O2S/c1-9(6-11(12,13)14)15-7-10-4-3-5-16(8-10)19(2,17)18/h9-10,15H,3-8H2,1-2H3. The lowest BCUT2D eigenvalue weighted by atomic mass is 9.99. The van der Waals surface area contributed by atoms with Gasteiger partial charge in [0, 0.05) is 19.1 Å². The van der Waals surface area contributed by atoms with Gasteiger partial charge in [0.2, 0.25) is 10.0 Å². The SMILES string of the molecule is CC(CC(F)(F)F)NCC1CCCN(S(C)(=O)=O)C1. The van der Waals surface area contributed by atoms with Crippen LogP contribution in [-0.4, -0.2) is 50.8 Å². The summed E-state index contributed by atoms with van der Waals surface area (Å²) in [6, 6.07) is -0.645. The molecule has 0 bridgehead atoms. The van der Waals surface area contributed by atoms with Crippen molar-refractivity contribution in [1.82, 2.24) is 9.62 Å². The van der Waals surface area contributed by atoms with Crippen LogP contribution in [0.3, 0.4) is 0 Å². The first kappa shape index (κ1) is 16.7. The minimum absolute atomic E-state index is 0.0826. The molecule has 1 aliphatic rings. The molecule has 0 radical (unpaired) electrons. The molecule has 0 aromatic carbocycles. The summed E-state index contributed by atoms with van der Waals surface area (Å²) in [5.41, 5.74) is 0. The van der Waals surface area contributed by atoms with Gasteiger partial charge in [0.05, 0.1) is 12.7 Å². The van der Waals surface area contributed by atoms with Crippen LogP contribution in [0.5, 0.6) is 0 Å². The van der Waals surface area contributed by atoms with Gasteiger partial charge in [0.15, 0.2) is 0 Å². The van der Waals surface area contributed by atoms with Crippen LogP contribution in [-0.2, 0) is 10.0 Å². The first-order valence-corrected chi connectivity index (χ1v) is 8.18. The summed E-state index contributed by atoms with van der Waals surface area (Å²) in [7, 11) is -3.20. The van der Waals surface area contributed by atoms with E-state index in [2.05, 4.69) is 5.32 Å². The van der Waals surface area contributed by atoms with Crippen LogP contribution in [0.15, 0.2) is 0 Å². The Kier molecular flexibility index (Phi) is 5.64. The van der Waals surface area contributed by atoms with Gasteiger partial charge in [-0.15, -0.1) is 0 Å². The fraction of sp³-hybridized carbons (Fsp3) is 1.00. The highest BCUT2D eigenvalue weighted by molar-refractivity contribution is 7.88. The lowest BCUT2D eigenvalue weighted by Crippen LogP contribution is -2.44. The van der Waals surface area contributed by atoms with Gasteiger partial charge in [0.1, 0.15) is 0 Å². The van der Waals surface area contributed by atoms with E-state index in [1.807, 2.05) is 0 Å². The Hall–Kier alpha value is -0.340. The molecule has 1 rings (SSSR count). The van der Waals surface area contributed by atoms with Crippen LogP contribution >= 0.6 is 0 Å². The van der Waals surface area contributed by atoms with Gasteiger partial charge in [-0.3, -0.25) is 0 Å². The molecule has 2 atom stereocenters. The maximum absolute atomic E-state index is 12.2. The first-order valence-electron chi connectivity index (χ1n) is 6.33. The van der Waals surface area contributed by atoms with Crippen molar-refractivity contribution in [3.05, 3.63) is 0 Å². The summed E-state index contributed by atoms with van der Waals surface area (Å²) in [4.78, 5) is 0. The number of halogens is 3. The van der Waals surface area contributed by atoms with Crippen molar-refractivity contribution in [2.24, 2.45) is 5.92 Å². The molecule has 114 valence electrons. The molecule has 0 spiro atoms. The Morgan fingerprint density at radius 1 is 1.42 bits per heavy atom. The van der Waals surface area contributed by atoms with Crippen LogP contribution in [0.2, 0.25) is 0 Å². The molecule has 1 heterocycles. The lowest BCUT2D eigenvalue weighted by Gasteiger charge is -2.31. The Bertz CT molecular complexity index is 384. The van der Waals surface area contributed by atoms with Crippen molar-refractivity contribution >= 4 is 10.0 Å². The highest BCUT2D eigenvalue weighted by Crippen LogP contribution is 2.22. The molecule has 19 heavy (non-hydrogen) atoms. The Labute approximate surface area is 112 Å². The number of rotatable bonds is 5. The summed E-state index contributed by atoms with van der Waals surface area (Å²) in [5.74, 6) is 0.0826. The van der Waals surface area contributed by atoms with Crippen LogP contribution in [0.4, 0.5) is 13.2 Å². The van der Waals surface area contributed by atoms with Crippen molar-refractivity contribution in [2.45, 2.75) is 38.4 Å². The predicted octanol–water partition coefficient (Wildman–Crippen LogP) is 1.59. The smallest absolute Gasteiger partial charge is 0.314 e. The second-order valence-corrected chi connectivity index (χ2v) is 7.24. The summed E-state index contributed by atoms with van der Waals surface area (Å²) < 4.78 is 60.7. The van der Waals surface area contributed by atoms with Crippen molar-refractivity contribution in [3.8, 4) is 0 Å². The van der Waals surface area contributed by atoms with E-state index in [9.17, 15) is 21.6 Å². The maximum Gasteiger partial charge on any atom is 0.390 e. The number of hydrogen-bond donors (Lipinski definition) is 1. The van der Waals surface area contributed by atoms with Gasteiger partial charge in [-0.05, 0) is 32.2 Å². The minimum Gasteiger partial charge on any atom is -0.314 e. The molecule has 1 saturated heterocycles. The molecular weight excluding hydrogens is 281 g/mol. The quantitative estimate of drug-likeness (QED) is 0.839. The van der Waals surface area contributed by atoms with Gasteiger partial charge < -0.3 is 5.32 Å². The minimum atomic E-state index is -4.17. The average Bonchev–Trinajstić information content (AvgIpc) is 2.23. The third-order valence-corrected chi connectivity index (χ3v) is 4.51. The van der Waals surface area contributed by atoms with Crippen LogP contribution < -0.4 is 5.32 Å². The zero-order valence-electron chi connectivity index (χ0n) is 11.2. The van der Waals surface area contributed by atoms with E-state index in [-0.39, 0.29) is 5.92 Å². The number of nitrogens with one attached hydrogen (secondary N) is 1. The predicted molar refractivity (Wildman–Crippen MR) is 67.3 cm³/mol. The topological polar surface area (TPSA) is 49.4 Å². The summed E-state index contributed by atoms with van der Waals surface area (Å²) in [6.07, 6.45) is -2.27. The van der Waals surface area contributed by atoms with Gasteiger partial charge in [-0.2, -0.15) is 13.2 Å². The van der Waals surface area contributed by atoms with E-state index in [0.29, 0.717) is 19.6 Å². The highest BCUT2D eigenvalue weighted by atomic mass is 32.2. The number of nitrogens with zero attached hydrogens (tertiary/aromatic N) is 1. The molecule has 8 heteroatoms. The third-order valence-electron chi connectivity index (χ3n) is 3.24. The van der Waals surface area contributed by atoms with Crippen molar-refractivity contribution in [3.63, 3.8) is 0 Å². The molecule has 0 aromatic rings. The number of hydrogen-bond acceptors (Lipinski definition) is 3. The van der Waals surface area contributed by atoms with Crippen molar-refractivity contribution in [1.29, 1.82) is 0 Å². The molecule has 1 fully saturated rings. The largest absolute Gasteiger partial charge is 0.390 e. The summed E-state index contributed by atoms with van der Waals surface area (Å²) in [5, 5.41) is 2.84. The summed E-state index contributed by atoms with van der Waals surface area (Å²) in [6.45, 7) is 2.81. The van der Waals surface area contributed by atoms with E-state index in [0.717, 1.165) is 19.1 Å². The van der Waals surface area contributed by atoms with E-state index in [1.54, 1.807) is 0 Å². The van der Waals surface area contributed by atoms with E-state index < -0.39 is 28.7 Å². The van der Waals surface area contributed by atoms with E-state index >= 15 is 0 Å². The molecule has 4 nitrogen and oxygen atoms in total. The highest BCUT2D eigenvalue weighted by Gasteiger charge is 2.31. The van der Waals surface area contributed by atoms with Crippen molar-refractivity contribution < 1.29 is 21.6 Å². The number of piperidine rings is 1. The second-order valence-electron chi connectivity index (χ2n) is 5.26. The maximum atomic E-state index is 12.2. The van der Waals surface area contributed by atoms with Crippen molar-refractivity contribution in [2.75, 3.05) is 25.9 Å². The number of sulfonamides is 1. The fourth-order valence-corrected chi connectivity index (χ4v) is 3.22. The molecular formula is C11H21F3N2O2S. The average molecular weight is 302 g/mol. The third kappa shape index (κ3) is 6.58. The molecule has 1 N–H and O–H groups in total. The van der Waals surface area contributed by atoms with Crippen LogP contribution in [0.1, 0.15) is 26.2 Å². The van der Waals surface area contributed by atoms with Crippen LogP contribution in [0.25, 0.3) is 0 Å². The van der Waals surface area contributed by atoms with Crippen LogP contribution in [0, 0.1) is 5.92 Å². The lowest BCUT2D eigenvalue weighted by molar-refractivity contribution is -0.139. The normalized spacial score (nSPS) is 24.4. The zero-order valence-corrected chi connectivity index (χ0v) is 12.0. The van der Waals surface area contributed by atoms with Gasteiger partial charge >= 0.3 is 6.18 Å². The second kappa shape index (κ2) is 6.41. The zero-order chi connectivity index (χ0) is 14.7. The van der Waals surface area contributed by atoms with Gasteiger partial charge in [-0.25, -0.2) is 12.7 Å². The molecule has 0 aliphatic carbocycles. The molecule has 0 amide bonds. The first-order chi connectivity index (χ1) is 8.58. The summed E-state index contributed by atoms with van der Waals surface area (Å²) >= 11 is 0. The molecule has 2 unspecified atom stereocenters. The monoisotopic (exact) mass is 302 g/mol. The Morgan fingerprint density at radius 2 is 2.05 bits per heavy atom.